The van der Waals surface area contributed by atoms with E-state index in [0.29, 0.717) is 17.1 Å². The zero-order valence-electron chi connectivity index (χ0n) is 11.3. The SMILES string of the molecule is CCOC(=O)c1cc(C)sc1NC(=O)C1CNC(=O)C1. The van der Waals surface area contributed by atoms with Gasteiger partial charge in [-0.05, 0) is 19.9 Å². The minimum Gasteiger partial charge on any atom is -0.462 e. The van der Waals surface area contributed by atoms with Gasteiger partial charge in [0.15, 0.2) is 0 Å². The highest BCUT2D eigenvalue weighted by Gasteiger charge is 2.29. The van der Waals surface area contributed by atoms with Crippen molar-refractivity contribution in [1.29, 1.82) is 0 Å². The second kappa shape index (κ2) is 6.04. The van der Waals surface area contributed by atoms with Gasteiger partial charge in [0.1, 0.15) is 5.00 Å². The Balaban J connectivity index is 2.10. The molecule has 2 rings (SSSR count). The van der Waals surface area contributed by atoms with Crippen molar-refractivity contribution in [2.75, 3.05) is 18.5 Å². The highest BCUT2D eigenvalue weighted by molar-refractivity contribution is 7.16. The van der Waals surface area contributed by atoms with Crippen LogP contribution in [0, 0.1) is 12.8 Å². The van der Waals surface area contributed by atoms with Gasteiger partial charge in [-0.2, -0.15) is 0 Å². The molecule has 1 aliphatic rings. The van der Waals surface area contributed by atoms with Gasteiger partial charge in [-0.3, -0.25) is 9.59 Å². The summed E-state index contributed by atoms with van der Waals surface area (Å²) in [6.07, 6.45) is 0.185. The van der Waals surface area contributed by atoms with Crippen molar-refractivity contribution in [3.63, 3.8) is 0 Å². The molecule has 1 unspecified atom stereocenters. The number of aryl methyl sites for hydroxylation is 1. The van der Waals surface area contributed by atoms with Crippen molar-refractivity contribution in [2.24, 2.45) is 5.92 Å². The number of amides is 2. The van der Waals surface area contributed by atoms with Gasteiger partial charge in [-0.15, -0.1) is 11.3 Å². The molecule has 0 aromatic carbocycles. The van der Waals surface area contributed by atoms with E-state index in [0.717, 1.165) is 4.88 Å². The van der Waals surface area contributed by atoms with E-state index < -0.39 is 5.97 Å². The molecule has 6 nitrogen and oxygen atoms in total. The quantitative estimate of drug-likeness (QED) is 0.820. The van der Waals surface area contributed by atoms with E-state index in [1.165, 1.54) is 11.3 Å². The van der Waals surface area contributed by atoms with Crippen LogP contribution in [0.5, 0.6) is 0 Å². The number of thiophene rings is 1. The fourth-order valence-corrected chi connectivity index (χ4v) is 2.87. The number of carbonyl (C=O) groups is 3. The highest BCUT2D eigenvalue weighted by Crippen LogP contribution is 2.29. The molecule has 2 heterocycles. The Bertz CT molecular complexity index is 553. The van der Waals surface area contributed by atoms with Crippen LogP contribution in [0.25, 0.3) is 0 Å². The molecular formula is C13H16N2O4S. The monoisotopic (exact) mass is 296 g/mol. The topological polar surface area (TPSA) is 84.5 Å². The Labute approximate surface area is 120 Å². The molecule has 1 atom stereocenters. The summed E-state index contributed by atoms with van der Waals surface area (Å²) in [6, 6.07) is 1.69. The number of rotatable bonds is 4. The second-order valence-electron chi connectivity index (χ2n) is 4.51. The molecule has 1 aromatic rings. The van der Waals surface area contributed by atoms with Gasteiger partial charge in [0.05, 0.1) is 18.1 Å². The Morgan fingerprint density at radius 1 is 1.55 bits per heavy atom. The van der Waals surface area contributed by atoms with Crippen LogP contribution in [-0.4, -0.2) is 30.9 Å². The van der Waals surface area contributed by atoms with E-state index in [4.69, 9.17) is 4.74 Å². The van der Waals surface area contributed by atoms with Crippen LogP contribution in [0.1, 0.15) is 28.6 Å². The zero-order valence-corrected chi connectivity index (χ0v) is 12.1. The summed E-state index contributed by atoms with van der Waals surface area (Å²) in [7, 11) is 0. The molecule has 0 spiro atoms. The molecule has 0 bridgehead atoms. The number of esters is 1. The minimum absolute atomic E-state index is 0.127. The number of hydrogen-bond acceptors (Lipinski definition) is 5. The van der Waals surface area contributed by atoms with Gasteiger partial charge in [0.2, 0.25) is 11.8 Å². The fourth-order valence-electron chi connectivity index (χ4n) is 1.97. The first-order chi connectivity index (χ1) is 9.51. The molecule has 108 valence electrons. The lowest BCUT2D eigenvalue weighted by Crippen LogP contribution is -2.25. The summed E-state index contributed by atoms with van der Waals surface area (Å²) in [6.45, 7) is 4.20. The summed E-state index contributed by atoms with van der Waals surface area (Å²) in [5.41, 5.74) is 0.361. The molecular weight excluding hydrogens is 280 g/mol. The Kier molecular flexibility index (Phi) is 4.39. The molecule has 1 saturated heterocycles. The zero-order chi connectivity index (χ0) is 14.7. The average Bonchev–Trinajstić information content (AvgIpc) is 2.96. The van der Waals surface area contributed by atoms with E-state index in [1.54, 1.807) is 13.0 Å². The van der Waals surface area contributed by atoms with E-state index >= 15 is 0 Å². The number of hydrogen-bond donors (Lipinski definition) is 2. The third kappa shape index (κ3) is 3.16. The Morgan fingerprint density at radius 2 is 2.30 bits per heavy atom. The Hall–Kier alpha value is -1.89. The van der Waals surface area contributed by atoms with Crippen LogP contribution in [-0.2, 0) is 14.3 Å². The van der Waals surface area contributed by atoms with Crippen molar-refractivity contribution >= 4 is 34.1 Å². The predicted octanol–water partition coefficient (Wildman–Crippen LogP) is 1.31. The van der Waals surface area contributed by atoms with Crippen LogP contribution in [0.15, 0.2) is 6.07 Å². The standard InChI is InChI=1S/C13H16N2O4S/c1-3-19-13(18)9-4-7(2)20-12(9)15-11(17)8-5-10(16)14-6-8/h4,8H,3,5-6H2,1-2H3,(H,14,16)(H,15,17). The molecule has 2 N–H and O–H groups in total. The molecule has 0 aliphatic carbocycles. The average molecular weight is 296 g/mol. The van der Waals surface area contributed by atoms with Crippen molar-refractivity contribution < 1.29 is 19.1 Å². The second-order valence-corrected chi connectivity index (χ2v) is 5.77. The first kappa shape index (κ1) is 14.5. The maximum absolute atomic E-state index is 12.1. The van der Waals surface area contributed by atoms with Crippen molar-refractivity contribution in [3.8, 4) is 0 Å². The van der Waals surface area contributed by atoms with Crippen LogP contribution in [0.4, 0.5) is 5.00 Å². The summed E-state index contributed by atoms with van der Waals surface area (Å²) in [5, 5.41) is 5.81. The van der Waals surface area contributed by atoms with Gasteiger partial charge in [0, 0.05) is 17.8 Å². The van der Waals surface area contributed by atoms with E-state index in [2.05, 4.69) is 10.6 Å². The molecule has 1 aliphatic heterocycles. The summed E-state index contributed by atoms with van der Waals surface area (Å²) in [4.78, 5) is 35.9. The lowest BCUT2D eigenvalue weighted by atomic mass is 10.1. The lowest BCUT2D eigenvalue weighted by molar-refractivity contribution is -0.123. The van der Waals surface area contributed by atoms with E-state index in [1.807, 2.05) is 6.92 Å². The van der Waals surface area contributed by atoms with Crippen molar-refractivity contribution in [1.82, 2.24) is 5.32 Å². The van der Waals surface area contributed by atoms with Crippen LogP contribution < -0.4 is 10.6 Å². The van der Waals surface area contributed by atoms with E-state index in [9.17, 15) is 14.4 Å². The molecule has 2 amide bonds. The van der Waals surface area contributed by atoms with Gasteiger partial charge in [0.25, 0.3) is 0 Å². The maximum atomic E-state index is 12.1. The maximum Gasteiger partial charge on any atom is 0.341 e. The summed E-state index contributed by atoms with van der Waals surface area (Å²) >= 11 is 1.32. The van der Waals surface area contributed by atoms with Gasteiger partial charge in [-0.1, -0.05) is 0 Å². The summed E-state index contributed by atoms with van der Waals surface area (Å²) < 4.78 is 4.96. The van der Waals surface area contributed by atoms with Gasteiger partial charge < -0.3 is 15.4 Å². The molecule has 0 saturated carbocycles. The number of anilines is 1. The molecule has 0 radical (unpaired) electrons. The molecule has 1 fully saturated rings. The highest BCUT2D eigenvalue weighted by atomic mass is 32.1. The smallest absolute Gasteiger partial charge is 0.341 e. The van der Waals surface area contributed by atoms with Gasteiger partial charge >= 0.3 is 5.97 Å². The minimum atomic E-state index is -0.451. The van der Waals surface area contributed by atoms with Crippen LogP contribution in [0.2, 0.25) is 0 Å². The number of nitrogens with one attached hydrogen (secondary N) is 2. The number of ether oxygens (including phenoxy) is 1. The third-order valence-electron chi connectivity index (χ3n) is 2.94. The van der Waals surface area contributed by atoms with Crippen LogP contribution in [0.3, 0.4) is 0 Å². The van der Waals surface area contributed by atoms with Crippen LogP contribution >= 0.6 is 11.3 Å². The molecule has 1 aromatic heterocycles. The van der Waals surface area contributed by atoms with E-state index in [-0.39, 0.29) is 30.8 Å². The predicted molar refractivity (Wildman–Crippen MR) is 74.8 cm³/mol. The normalized spacial score (nSPS) is 17.7. The first-order valence-corrected chi connectivity index (χ1v) is 7.18. The number of carbonyl (C=O) groups excluding carboxylic acids is 3. The molecule has 20 heavy (non-hydrogen) atoms. The lowest BCUT2D eigenvalue weighted by Gasteiger charge is -2.09. The van der Waals surface area contributed by atoms with Gasteiger partial charge in [-0.25, -0.2) is 4.79 Å². The van der Waals surface area contributed by atoms with Crippen molar-refractivity contribution in [2.45, 2.75) is 20.3 Å². The third-order valence-corrected chi connectivity index (χ3v) is 3.90. The largest absolute Gasteiger partial charge is 0.462 e. The summed E-state index contributed by atoms with van der Waals surface area (Å²) in [5.74, 6) is -1.22. The van der Waals surface area contributed by atoms with Crippen molar-refractivity contribution in [3.05, 3.63) is 16.5 Å². The molecule has 7 heteroatoms. The first-order valence-electron chi connectivity index (χ1n) is 6.36. The fraction of sp³-hybridized carbons (Fsp3) is 0.462. The Morgan fingerprint density at radius 3 is 2.90 bits per heavy atom.